The van der Waals surface area contributed by atoms with E-state index in [2.05, 4.69) is 9.57 Å². The van der Waals surface area contributed by atoms with E-state index in [1.807, 2.05) is 0 Å². The van der Waals surface area contributed by atoms with E-state index in [0.29, 0.717) is 0 Å². The molecule has 0 bridgehead atoms. The van der Waals surface area contributed by atoms with Gasteiger partial charge in [0.2, 0.25) is 0 Å². The van der Waals surface area contributed by atoms with Gasteiger partial charge in [0.25, 0.3) is 32.1 Å². The molecule has 148 valence electrons. The fraction of sp³-hybridized carbons (Fsp3) is 0.600. The maximum absolute atomic E-state index is 12.1. The molecule has 0 aromatic carbocycles. The Morgan fingerprint density at radius 1 is 1.04 bits per heavy atom. The number of aliphatic hydroxyl groups excluding tert-OH is 1. The van der Waals surface area contributed by atoms with E-state index in [-0.39, 0.29) is 5.06 Å². The lowest BCUT2D eigenvalue weighted by Crippen LogP contribution is -2.56. The smallest absolute Gasteiger partial charge is 0.375 e. The number of ether oxygens (including phenoxy) is 1. The number of rotatable bonds is 8. The third-order valence-electron chi connectivity index (χ3n) is 3.06. The van der Waals surface area contributed by atoms with Crippen LogP contribution in [0, 0.1) is 0 Å². The number of hydrogen-bond acceptors (Lipinski definition) is 11. The van der Waals surface area contributed by atoms with Crippen molar-refractivity contribution in [1.82, 2.24) is 5.06 Å². The molecule has 14 nitrogen and oxygen atoms in total. The quantitative estimate of drug-likeness (QED) is 0.203. The van der Waals surface area contributed by atoms with Crippen LogP contribution in [0.2, 0.25) is 0 Å². The number of hydrogen-bond donors (Lipinski definition) is 3. The summed E-state index contributed by atoms with van der Waals surface area (Å²) in [6, 6.07) is 0. The molecule has 0 spiro atoms. The number of esters is 1. The van der Waals surface area contributed by atoms with Crippen molar-refractivity contribution in [3.8, 4) is 0 Å². The molecule has 0 aromatic rings. The number of aliphatic hydroxyl groups is 1. The number of imide groups is 1. The van der Waals surface area contributed by atoms with Gasteiger partial charge in [-0.3, -0.25) is 23.5 Å². The van der Waals surface area contributed by atoms with Gasteiger partial charge in [0.15, 0.2) is 0 Å². The molecule has 1 heterocycles. The molecular weight excluding hydrogens is 406 g/mol. The summed E-state index contributed by atoms with van der Waals surface area (Å²) in [4.78, 5) is 50.6. The second-order valence-electron chi connectivity index (χ2n) is 4.78. The van der Waals surface area contributed by atoms with Crippen LogP contribution in [0.4, 0.5) is 0 Å². The number of hydroxylamine groups is 2. The maximum Gasteiger partial charge on any atom is 0.375 e. The van der Waals surface area contributed by atoms with Crippen LogP contribution in [-0.4, -0.2) is 77.2 Å². The number of carbonyl (C=O) groups excluding carboxylic acids is 4. The van der Waals surface area contributed by atoms with E-state index in [9.17, 15) is 45.1 Å². The molecule has 16 heteroatoms. The number of amides is 2. The SMILES string of the molecule is O=C(CC(C(=O)ON1C(=O)CCC1=O)(S(=O)(=O)O)S(=O)(=O)O)OCCO. The van der Waals surface area contributed by atoms with Crippen molar-refractivity contribution in [2.24, 2.45) is 0 Å². The van der Waals surface area contributed by atoms with Crippen LogP contribution in [0.5, 0.6) is 0 Å². The highest BCUT2D eigenvalue weighted by Crippen LogP contribution is 2.31. The molecule has 0 saturated carbocycles. The second-order valence-corrected chi connectivity index (χ2v) is 8.34. The predicted molar refractivity (Wildman–Crippen MR) is 75.7 cm³/mol. The molecule has 0 aliphatic carbocycles. The predicted octanol–water partition coefficient (Wildman–Crippen LogP) is -3.01. The van der Waals surface area contributed by atoms with E-state index in [1.165, 1.54) is 0 Å². The molecule has 3 N–H and O–H groups in total. The van der Waals surface area contributed by atoms with Crippen molar-refractivity contribution in [3.05, 3.63) is 0 Å². The van der Waals surface area contributed by atoms with Crippen LogP contribution in [0.1, 0.15) is 19.3 Å². The van der Waals surface area contributed by atoms with Gasteiger partial charge in [-0.2, -0.15) is 16.8 Å². The summed E-state index contributed by atoms with van der Waals surface area (Å²) in [7, 11) is -12.2. The zero-order chi connectivity index (χ0) is 20.3. The summed E-state index contributed by atoms with van der Waals surface area (Å²) in [5.41, 5.74) is 0. The Bertz CT molecular complexity index is 779. The molecule has 0 radical (unpaired) electrons. The van der Waals surface area contributed by atoms with Crippen LogP contribution >= 0.6 is 0 Å². The fourth-order valence-corrected chi connectivity index (χ4v) is 3.97. The minimum atomic E-state index is -6.11. The van der Waals surface area contributed by atoms with Gasteiger partial charge in [-0.1, -0.05) is 0 Å². The third kappa shape index (κ3) is 4.15. The lowest BCUT2D eigenvalue weighted by Gasteiger charge is -2.25. The van der Waals surface area contributed by atoms with Gasteiger partial charge in [0, 0.05) is 12.8 Å². The molecule has 1 rings (SSSR count). The molecule has 2 amide bonds. The average Bonchev–Trinajstić information content (AvgIpc) is 2.79. The summed E-state index contributed by atoms with van der Waals surface area (Å²) in [6.45, 7) is -1.48. The van der Waals surface area contributed by atoms with E-state index in [0.717, 1.165) is 0 Å². The summed E-state index contributed by atoms with van der Waals surface area (Å²) in [5.74, 6) is -6.52. The summed E-state index contributed by atoms with van der Waals surface area (Å²) < 4.78 is 64.5. The molecule has 1 aliphatic rings. The Hall–Kier alpha value is -2.14. The molecule has 0 atom stereocenters. The fourth-order valence-electron chi connectivity index (χ4n) is 1.81. The molecular formula is C10H13NO13S2. The molecule has 1 saturated heterocycles. The highest BCUT2D eigenvalue weighted by Gasteiger charge is 2.65. The summed E-state index contributed by atoms with van der Waals surface area (Å²) in [5, 5.41) is 8.25. The summed E-state index contributed by atoms with van der Waals surface area (Å²) in [6.07, 6.45) is -2.86. The Balaban J connectivity index is 3.38. The Kier molecular flexibility index (Phi) is 6.42. The first-order valence-electron chi connectivity index (χ1n) is 6.56. The standard InChI is InChI=1S/C10H13NO13S2/c12-3-4-23-8(15)5-10(25(17,18)19,26(20,21)22)9(16)24-11-6(13)1-2-7(11)14/h12H,1-5H2,(H,17,18,19)(H,20,21,22). The van der Waals surface area contributed by atoms with Crippen LogP contribution in [-0.2, 0) is 49.0 Å². The first-order chi connectivity index (χ1) is 11.8. The lowest BCUT2D eigenvalue weighted by atomic mass is 10.3. The normalized spacial score (nSPS) is 15.9. The topological polar surface area (TPSA) is 219 Å². The zero-order valence-electron chi connectivity index (χ0n) is 12.7. The molecule has 0 aromatic heterocycles. The van der Waals surface area contributed by atoms with Crippen molar-refractivity contribution >= 4 is 44.0 Å². The van der Waals surface area contributed by atoms with Crippen molar-refractivity contribution in [3.63, 3.8) is 0 Å². The highest BCUT2D eigenvalue weighted by molar-refractivity contribution is 8.06. The van der Waals surface area contributed by atoms with Gasteiger partial charge in [0.1, 0.15) is 6.61 Å². The Morgan fingerprint density at radius 3 is 1.88 bits per heavy atom. The van der Waals surface area contributed by atoms with E-state index in [4.69, 9.17) is 5.11 Å². The van der Waals surface area contributed by atoms with Crippen LogP contribution in [0.15, 0.2) is 0 Å². The zero-order valence-corrected chi connectivity index (χ0v) is 14.4. The van der Waals surface area contributed by atoms with Gasteiger partial charge in [-0.05, 0) is 0 Å². The second kappa shape index (κ2) is 7.62. The van der Waals surface area contributed by atoms with Gasteiger partial charge >= 0.3 is 16.0 Å². The monoisotopic (exact) mass is 419 g/mol. The molecule has 0 unspecified atom stereocenters. The number of carbonyl (C=O) groups is 4. The Labute approximate surface area is 146 Å². The van der Waals surface area contributed by atoms with Gasteiger partial charge in [0.05, 0.1) is 13.0 Å². The van der Waals surface area contributed by atoms with Gasteiger partial charge in [-0.25, -0.2) is 4.79 Å². The van der Waals surface area contributed by atoms with Gasteiger partial charge in [-0.15, -0.1) is 5.06 Å². The third-order valence-corrected chi connectivity index (χ3v) is 6.61. The minimum Gasteiger partial charge on any atom is -0.463 e. The highest BCUT2D eigenvalue weighted by atomic mass is 32.3. The first-order valence-corrected chi connectivity index (χ1v) is 9.44. The maximum atomic E-state index is 12.1. The Morgan fingerprint density at radius 2 is 1.50 bits per heavy atom. The van der Waals surface area contributed by atoms with Crippen LogP contribution in [0.25, 0.3) is 0 Å². The minimum absolute atomic E-state index is 0.257. The summed E-state index contributed by atoms with van der Waals surface area (Å²) >= 11 is 0. The van der Waals surface area contributed by atoms with Gasteiger partial charge < -0.3 is 14.7 Å². The van der Waals surface area contributed by atoms with E-state index in [1.54, 1.807) is 0 Å². The van der Waals surface area contributed by atoms with Crippen LogP contribution in [0.3, 0.4) is 0 Å². The van der Waals surface area contributed by atoms with Crippen molar-refractivity contribution < 1.29 is 59.8 Å². The molecule has 1 fully saturated rings. The van der Waals surface area contributed by atoms with Crippen molar-refractivity contribution in [1.29, 1.82) is 0 Å². The number of nitrogens with zero attached hydrogens (tertiary/aromatic N) is 1. The average molecular weight is 419 g/mol. The van der Waals surface area contributed by atoms with Crippen LogP contribution < -0.4 is 0 Å². The molecule has 1 aliphatic heterocycles. The van der Waals surface area contributed by atoms with E-state index < -0.39 is 80.5 Å². The van der Waals surface area contributed by atoms with Crippen molar-refractivity contribution in [2.75, 3.05) is 13.2 Å². The lowest BCUT2D eigenvalue weighted by molar-refractivity contribution is -0.198. The first kappa shape index (κ1) is 21.9. The largest absolute Gasteiger partial charge is 0.463 e. The van der Waals surface area contributed by atoms with E-state index >= 15 is 0 Å². The molecule has 26 heavy (non-hydrogen) atoms. The van der Waals surface area contributed by atoms with Crippen molar-refractivity contribution in [2.45, 2.75) is 23.3 Å².